The first-order valence-electron chi connectivity index (χ1n) is 10.4. The molecule has 1 saturated heterocycles. The van der Waals surface area contributed by atoms with Crippen molar-refractivity contribution >= 4 is 35.1 Å². The zero-order chi connectivity index (χ0) is 23.3. The molecule has 0 spiro atoms. The number of rotatable bonds is 7. The van der Waals surface area contributed by atoms with E-state index in [1.165, 1.54) is 12.1 Å². The fraction of sp³-hybridized carbons (Fsp3) is 0.333. The van der Waals surface area contributed by atoms with Crippen LogP contribution in [0.15, 0.2) is 42.5 Å². The van der Waals surface area contributed by atoms with Crippen LogP contribution in [-0.4, -0.2) is 43.5 Å². The van der Waals surface area contributed by atoms with Crippen molar-refractivity contribution in [2.75, 3.05) is 30.0 Å². The summed E-state index contributed by atoms with van der Waals surface area (Å²) in [5, 5.41) is 2.60. The molecular formula is C24H26N2O6. The molecular weight excluding hydrogens is 412 g/mol. The van der Waals surface area contributed by atoms with E-state index in [-0.39, 0.29) is 25.5 Å². The van der Waals surface area contributed by atoms with Gasteiger partial charge in [-0.3, -0.25) is 14.4 Å². The van der Waals surface area contributed by atoms with Gasteiger partial charge >= 0.3 is 11.9 Å². The first-order chi connectivity index (χ1) is 15.3. The van der Waals surface area contributed by atoms with Crippen molar-refractivity contribution in [1.29, 1.82) is 0 Å². The van der Waals surface area contributed by atoms with Crippen molar-refractivity contribution in [2.24, 2.45) is 5.92 Å². The minimum absolute atomic E-state index is 0.0448. The van der Waals surface area contributed by atoms with Crippen LogP contribution in [0.2, 0.25) is 0 Å². The van der Waals surface area contributed by atoms with Gasteiger partial charge in [-0.15, -0.1) is 0 Å². The summed E-state index contributed by atoms with van der Waals surface area (Å²) in [5.74, 6) is -2.32. The minimum Gasteiger partial charge on any atom is -0.462 e. The van der Waals surface area contributed by atoms with Crippen LogP contribution >= 0.6 is 0 Å². The van der Waals surface area contributed by atoms with E-state index in [1.807, 2.05) is 32.0 Å². The Bertz CT molecular complexity index is 1030. The van der Waals surface area contributed by atoms with Crippen molar-refractivity contribution in [3.63, 3.8) is 0 Å². The summed E-state index contributed by atoms with van der Waals surface area (Å²) in [4.78, 5) is 50.3. The van der Waals surface area contributed by atoms with Crippen molar-refractivity contribution in [1.82, 2.24) is 0 Å². The van der Waals surface area contributed by atoms with Gasteiger partial charge in [0.1, 0.15) is 0 Å². The lowest BCUT2D eigenvalue weighted by Crippen LogP contribution is -2.28. The first kappa shape index (κ1) is 23.0. The third kappa shape index (κ3) is 5.51. The zero-order valence-electron chi connectivity index (χ0n) is 18.3. The van der Waals surface area contributed by atoms with Gasteiger partial charge in [0.15, 0.2) is 6.61 Å². The summed E-state index contributed by atoms with van der Waals surface area (Å²) >= 11 is 0. The van der Waals surface area contributed by atoms with Crippen LogP contribution in [0, 0.1) is 19.8 Å². The fourth-order valence-corrected chi connectivity index (χ4v) is 3.46. The third-order valence-electron chi connectivity index (χ3n) is 5.14. The predicted molar refractivity (Wildman–Crippen MR) is 118 cm³/mol. The SMILES string of the molecule is CCOC(=O)c1ccc(NC(=O)COC(=O)[C@H]2CC(=O)N(c3cc(C)ccc3C)C2)cc1. The Morgan fingerprint density at radius 1 is 1.06 bits per heavy atom. The molecule has 2 amide bonds. The fourth-order valence-electron chi connectivity index (χ4n) is 3.46. The number of ether oxygens (including phenoxy) is 2. The van der Waals surface area contributed by atoms with E-state index >= 15 is 0 Å². The lowest BCUT2D eigenvalue weighted by atomic mass is 10.1. The number of hydrogen-bond acceptors (Lipinski definition) is 6. The molecule has 0 unspecified atom stereocenters. The molecule has 1 aliphatic rings. The molecule has 3 rings (SSSR count). The number of benzene rings is 2. The molecule has 1 aliphatic heterocycles. The highest BCUT2D eigenvalue weighted by molar-refractivity contribution is 6.00. The number of aryl methyl sites for hydroxylation is 2. The molecule has 8 heteroatoms. The minimum atomic E-state index is -0.626. The van der Waals surface area contributed by atoms with Gasteiger partial charge in [0.05, 0.1) is 18.1 Å². The molecule has 0 aromatic heterocycles. The Kier molecular flexibility index (Phi) is 7.25. The van der Waals surface area contributed by atoms with Gasteiger partial charge in [-0.05, 0) is 62.2 Å². The average molecular weight is 438 g/mol. The number of esters is 2. The van der Waals surface area contributed by atoms with E-state index < -0.39 is 30.4 Å². The Morgan fingerprint density at radius 2 is 1.78 bits per heavy atom. The van der Waals surface area contributed by atoms with E-state index in [9.17, 15) is 19.2 Å². The number of hydrogen-bond donors (Lipinski definition) is 1. The maximum Gasteiger partial charge on any atom is 0.338 e. The van der Waals surface area contributed by atoms with Gasteiger partial charge in [-0.2, -0.15) is 0 Å². The predicted octanol–water partition coefficient (Wildman–Crippen LogP) is 3.01. The second kappa shape index (κ2) is 10.1. The van der Waals surface area contributed by atoms with Gasteiger partial charge in [0.25, 0.3) is 5.91 Å². The second-order valence-electron chi connectivity index (χ2n) is 7.65. The summed E-state index contributed by atoms with van der Waals surface area (Å²) in [6.45, 7) is 5.61. The number of carbonyl (C=O) groups is 4. The van der Waals surface area contributed by atoms with Crippen LogP contribution in [0.1, 0.15) is 34.8 Å². The molecule has 2 aromatic rings. The van der Waals surface area contributed by atoms with Crippen molar-refractivity contribution < 1.29 is 28.7 Å². The van der Waals surface area contributed by atoms with Crippen LogP contribution in [0.4, 0.5) is 11.4 Å². The molecule has 0 aliphatic carbocycles. The maximum atomic E-state index is 12.5. The highest BCUT2D eigenvalue weighted by Crippen LogP contribution is 2.29. The highest BCUT2D eigenvalue weighted by Gasteiger charge is 2.36. The molecule has 0 saturated carbocycles. The Hall–Kier alpha value is -3.68. The van der Waals surface area contributed by atoms with E-state index in [1.54, 1.807) is 24.0 Å². The topological polar surface area (TPSA) is 102 Å². The van der Waals surface area contributed by atoms with Crippen molar-refractivity contribution in [3.8, 4) is 0 Å². The average Bonchev–Trinajstić information content (AvgIpc) is 3.16. The third-order valence-corrected chi connectivity index (χ3v) is 5.14. The second-order valence-corrected chi connectivity index (χ2v) is 7.65. The molecule has 1 fully saturated rings. The van der Waals surface area contributed by atoms with Crippen molar-refractivity contribution in [3.05, 3.63) is 59.2 Å². The van der Waals surface area contributed by atoms with Gasteiger partial charge in [-0.25, -0.2) is 4.79 Å². The van der Waals surface area contributed by atoms with E-state index in [2.05, 4.69) is 5.32 Å². The maximum absolute atomic E-state index is 12.5. The van der Waals surface area contributed by atoms with Crippen molar-refractivity contribution in [2.45, 2.75) is 27.2 Å². The van der Waals surface area contributed by atoms with Crippen LogP contribution < -0.4 is 10.2 Å². The lowest BCUT2D eigenvalue weighted by Gasteiger charge is -2.19. The number of amides is 2. The molecule has 1 heterocycles. The summed E-state index contributed by atoms with van der Waals surface area (Å²) in [5.41, 5.74) is 3.59. The van der Waals surface area contributed by atoms with Gasteiger partial charge in [0.2, 0.25) is 5.91 Å². The van der Waals surface area contributed by atoms with Gasteiger partial charge in [0, 0.05) is 24.3 Å². The zero-order valence-corrected chi connectivity index (χ0v) is 18.3. The molecule has 1 atom stereocenters. The van der Waals surface area contributed by atoms with Crippen LogP contribution in [0.3, 0.4) is 0 Å². The summed E-state index contributed by atoms with van der Waals surface area (Å²) in [6, 6.07) is 12.0. The van der Waals surface area contributed by atoms with Crippen LogP contribution in [-0.2, 0) is 23.9 Å². The Morgan fingerprint density at radius 3 is 2.47 bits per heavy atom. The standard InChI is InChI=1S/C24H26N2O6/c1-4-31-23(29)17-7-9-19(10-8-17)25-21(27)14-32-24(30)18-12-22(28)26(13-18)20-11-15(2)5-6-16(20)3/h5-11,18H,4,12-14H2,1-3H3,(H,25,27)/t18-/m0/s1. The molecule has 168 valence electrons. The molecule has 32 heavy (non-hydrogen) atoms. The number of carbonyl (C=O) groups excluding carboxylic acids is 4. The van der Waals surface area contributed by atoms with Gasteiger partial charge in [-0.1, -0.05) is 12.1 Å². The summed E-state index contributed by atoms with van der Waals surface area (Å²) in [7, 11) is 0. The smallest absolute Gasteiger partial charge is 0.338 e. The summed E-state index contributed by atoms with van der Waals surface area (Å²) in [6.07, 6.45) is 0.0448. The van der Waals surface area contributed by atoms with E-state index in [0.717, 1.165) is 16.8 Å². The molecule has 2 aromatic carbocycles. The number of nitrogens with one attached hydrogen (secondary N) is 1. The first-order valence-corrected chi connectivity index (χ1v) is 10.4. The largest absolute Gasteiger partial charge is 0.462 e. The molecule has 0 bridgehead atoms. The number of nitrogens with zero attached hydrogens (tertiary/aromatic N) is 1. The molecule has 1 N–H and O–H groups in total. The Balaban J connectivity index is 1.51. The molecule has 8 nitrogen and oxygen atoms in total. The number of anilines is 2. The van der Waals surface area contributed by atoms with E-state index in [4.69, 9.17) is 9.47 Å². The van der Waals surface area contributed by atoms with Crippen LogP contribution in [0.25, 0.3) is 0 Å². The molecule has 0 radical (unpaired) electrons. The lowest BCUT2D eigenvalue weighted by molar-refractivity contribution is -0.151. The quantitative estimate of drug-likeness (QED) is 0.667. The van der Waals surface area contributed by atoms with Crippen LogP contribution in [0.5, 0.6) is 0 Å². The summed E-state index contributed by atoms with van der Waals surface area (Å²) < 4.78 is 10.0. The normalized spacial score (nSPS) is 15.4. The highest BCUT2D eigenvalue weighted by atomic mass is 16.5. The monoisotopic (exact) mass is 438 g/mol. The van der Waals surface area contributed by atoms with E-state index in [0.29, 0.717) is 11.3 Å². The van der Waals surface area contributed by atoms with Gasteiger partial charge < -0.3 is 19.7 Å². The Labute approximate surface area is 186 Å².